The lowest BCUT2D eigenvalue weighted by Gasteiger charge is -2.40. The third-order valence-electron chi connectivity index (χ3n) is 6.09. The number of benzene rings is 2. The SMILES string of the molecule is COc1ccc(N2CCN(C(c3ccc([N+](=O)[O-])cc3)c3sc4nc(C)nn4c3O)CC2)cc1. The molecule has 0 radical (unpaired) electrons. The molecule has 1 fully saturated rings. The van der Waals surface area contributed by atoms with E-state index in [1.807, 2.05) is 12.1 Å². The van der Waals surface area contributed by atoms with Crippen LogP contribution in [0.25, 0.3) is 4.96 Å². The zero-order chi connectivity index (χ0) is 23.8. The standard InChI is InChI=1S/C23H24N6O4S/c1-15-24-23-28(25-15)22(30)21(34-23)20(16-3-5-18(6-4-16)29(31)32)27-13-11-26(12-14-27)17-7-9-19(33-2)10-8-17/h3-10,20,30H,11-14H2,1-2H3. The lowest BCUT2D eigenvalue weighted by atomic mass is 10.0. The van der Waals surface area contributed by atoms with Crippen LogP contribution in [0.2, 0.25) is 0 Å². The topological polar surface area (TPSA) is 109 Å². The van der Waals surface area contributed by atoms with Crippen LogP contribution in [-0.4, -0.2) is 62.8 Å². The van der Waals surface area contributed by atoms with Crippen molar-refractivity contribution in [2.45, 2.75) is 13.0 Å². The molecule has 3 heterocycles. The number of methoxy groups -OCH3 is 1. The second-order valence-electron chi connectivity index (χ2n) is 8.12. The van der Waals surface area contributed by atoms with Gasteiger partial charge < -0.3 is 14.7 Å². The minimum atomic E-state index is -0.407. The molecule has 0 saturated carbocycles. The summed E-state index contributed by atoms with van der Waals surface area (Å²) in [7, 11) is 1.65. The van der Waals surface area contributed by atoms with Crippen LogP contribution in [0.1, 0.15) is 22.3 Å². The first-order valence-corrected chi connectivity index (χ1v) is 11.7. The molecule has 1 aliphatic rings. The molecule has 2 aromatic heterocycles. The molecular formula is C23H24N6O4S. The summed E-state index contributed by atoms with van der Waals surface area (Å²) in [6, 6.07) is 14.3. The Labute approximate surface area is 199 Å². The van der Waals surface area contributed by atoms with Gasteiger partial charge in [0.15, 0.2) is 0 Å². The largest absolute Gasteiger partial charge is 0.497 e. The van der Waals surface area contributed by atoms with Crippen LogP contribution in [0, 0.1) is 17.0 Å². The van der Waals surface area contributed by atoms with Gasteiger partial charge in [0.05, 0.1) is 23.0 Å². The third-order valence-corrected chi connectivity index (χ3v) is 7.16. The maximum Gasteiger partial charge on any atom is 0.269 e. The molecule has 10 nitrogen and oxygen atoms in total. The number of non-ortho nitro benzene ring substituents is 1. The first-order valence-electron chi connectivity index (χ1n) is 10.9. The van der Waals surface area contributed by atoms with Gasteiger partial charge in [0, 0.05) is 44.0 Å². The number of nitro benzene ring substituents is 1. The van der Waals surface area contributed by atoms with Crippen LogP contribution >= 0.6 is 11.3 Å². The third kappa shape index (κ3) is 4.03. The maximum atomic E-state index is 11.2. The molecular weight excluding hydrogens is 456 g/mol. The fraction of sp³-hybridized carbons (Fsp3) is 0.304. The summed E-state index contributed by atoms with van der Waals surface area (Å²) >= 11 is 1.39. The molecule has 11 heteroatoms. The fourth-order valence-corrected chi connectivity index (χ4v) is 5.53. The number of nitro groups is 1. The Morgan fingerprint density at radius 1 is 1.09 bits per heavy atom. The summed E-state index contributed by atoms with van der Waals surface area (Å²) in [6.45, 7) is 4.89. The van der Waals surface area contributed by atoms with Gasteiger partial charge >= 0.3 is 0 Å². The van der Waals surface area contributed by atoms with Crippen LogP contribution < -0.4 is 9.64 Å². The molecule has 176 valence electrons. The molecule has 1 N–H and O–H groups in total. The number of hydrogen-bond donors (Lipinski definition) is 1. The van der Waals surface area contributed by atoms with E-state index in [0.29, 0.717) is 10.8 Å². The van der Waals surface area contributed by atoms with Crippen molar-refractivity contribution in [1.29, 1.82) is 0 Å². The van der Waals surface area contributed by atoms with Crippen molar-refractivity contribution in [2.75, 3.05) is 38.2 Å². The molecule has 4 aromatic rings. The van der Waals surface area contributed by atoms with Crippen molar-refractivity contribution >= 4 is 27.7 Å². The Morgan fingerprint density at radius 2 is 1.76 bits per heavy atom. The van der Waals surface area contributed by atoms with Gasteiger partial charge in [-0.3, -0.25) is 15.0 Å². The van der Waals surface area contributed by atoms with E-state index in [4.69, 9.17) is 4.74 Å². The Kier molecular flexibility index (Phi) is 5.80. The summed E-state index contributed by atoms with van der Waals surface area (Å²) in [6.07, 6.45) is 0. The average Bonchev–Trinajstić information content (AvgIpc) is 3.37. The highest BCUT2D eigenvalue weighted by Crippen LogP contribution is 2.40. The minimum Gasteiger partial charge on any atom is -0.497 e. The van der Waals surface area contributed by atoms with Gasteiger partial charge in [0.25, 0.3) is 5.69 Å². The summed E-state index contributed by atoms with van der Waals surface area (Å²) in [4.78, 5) is 21.1. The van der Waals surface area contributed by atoms with Gasteiger partial charge in [-0.05, 0) is 36.8 Å². The van der Waals surface area contributed by atoms with Crippen LogP contribution in [-0.2, 0) is 0 Å². The number of ether oxygens (including phenoxy) is 1. The molecule has 2 aromatic carbocycles. The maximum absolute atomic E-state index is 11.2. The number of nitrogens with zero attached hydrogens (tertiary/aromatic N) is 6. The first kappa shape index (κ1) is 22.1. The summed E-state index contributed by atoms with van der Waals surface area (Å²) < 4.78 is 6.72. The number of anilines is 1. The molecule has 34 heavy (non-hydrogen) atoms. The molecule has 1 unspecified atom stereocenters. The van der Waals surface area contributed by atoms with E-state index < -0.39 is 4.92 Å². The number of rotatable bonds is 6. The molecule has 1 aliphatic heterocycles. The van der Waals surface area contributed by atoms with Crippen LogP contribution in [0.5, 0.6) is 11.6 Å². The zero-order valence-electron chi connectivity index (χ0n) is 18.8. The number of hydrogen-bond acceptors (Lipinski definition) is 9. The number of thiazole rings is 1. The van der Waals surface area contributed by atoms with Crippen molar-refractivity contribution in [2.24, 2.45) is 0 Å². The Bertz CT molecular complexity index is 1310. The van der Waals surface area contributed by atoms with Crippen molar-refractivity contribution in [3.05, 3.63) is 74.9 Å². The molecule has 0 amide bonds. The van der Waals surface area contributed by atoms with Crippen LogP contribution in [0.3, 0.4) is 0 Å². The Morgan fingerprint density at radius 3 is 2.35 bits per heavy atom. The molecule has 1 saturated heterocycles. The molecule has 0 bridgehead atoms. The van der Waals surface area contributed by atoms with E-state index in [1.54, 1.807) is 26.2 Å². The highest BCUT2D eigenvalue weighted by molar-refractivity contribution is 7.17. The molecule has 0 aliphatic carbocycles. The quantitative estimate of drug-likeness (QED) is 0.329. The Balaban J connectivity index is 1.45. The number of aromatic nitrogens is 3. The van der Waals surface area contributed by atoms with Gasteiger partial charge in [0.2, 0.25) is 10.8 Å². The predicted molar refractivity (Wildman–Crippen MR) is 129 cm³/mol. The normalized spacial score (nSPS) is 15.5. The van der Waals surface area contributed by atoms with E-state index >= 15 is 0 Å². The summed E-state index contributed by atoms with van der Waals surface area (Å²) in [5, 5.41) is 26.5. The second kappa shape index (κ2) is 8.92. The molecule has 0 spiro atoms. The highest BCUT2D eigenvalue weighted by Gasteiger charge is 2.32. The smallest absolute Gasteiger partial charge is 0.269 e. The van der Waals surface area contributed by atoms with E-state index in [2.05, 4.69) is 32.0 Å². The number of piperazine rings is 1. The van der Waals surface area contributed by atoms with Crippen molar-refractivity contribution < 1.29 is 14.8 Å². The summed E-state index contributed by atoms with van der Waals surface area (Å²) in [5.74, 6) is 1.47. The average molecular weight is 481 g/mol. The number of fused-ring (bicyclic) bond motifs is 1. The second-order valence-corrected chi connectivity index (χ2v) is 9.12. The van der Waals surface area contributed by atoms with Crippen molar-refractivity contribution in [3.63, 3.8) is 0 Å². The monoisotopic (exact) mass is 480 g/mol. The van der Waals surface area contributed by atoms with Crippen LogP contribution in [0.15, 0.2) is 48.5 Å². The van der Waals surface area contributed by atoms with Gasteiger partial charge in [-0.25, -0.2) is 4.98 Å². The van der Waals surface area contributed by atoms with Gasteiger partial charge in [-0.15, -0.1) is 5.10 Å². The van der Waals surface area contributed by atoms with E-state index in [1.165, 1.54) is 28.0 Å². The zero-order valence-corrected chi connectivity index (χ0v) is 19.6. The van der Waals surface area contributed by atoms with Crippen molar-refractivity contribution in [3.8, 4) is 11.6 Å². The predicted octanol–water partition coefficient (Wildman–Crippen LogP) is 3.63. The minimum absolute atomic E-state index is 0.0364. The number of aromatic hydroxyl groups is 1. The van der Waals surface area contributed by atoms with Crippen LogP contribution in [0.4, 0.5) is 11.4 Å². The van der Waals surface area contributed by atoms with Gasteiger partial charge in [0.1, 0.15) is 11.6 Å². The lowest BCUT2D eigenvalue weighted by molar-refractivity contribution is -0.384. The van der Waals surface area contributed by atoms with E-state index in [9.17, 15) is 15.2 Å². The Hall–Kier alpha value is -3.70. The highest BCUT2D eigenvalue weighted by atomic mass is 32.1. The van der Waals surface area contributed by atoms with Gasteiger partial charge in [-0.2, -0.15) is 4.52 Å². The molecule has 1 atom stereocenters. The first-order chi connectivity index (χ1) is 16.4. The fourth-order valence-electron chi connectivity index (χ4n) is 4.36. The lowest BCUT2D eigenvalue weighted by Crippen LogP contribution is -2.47. The van der Waals surface area contributed by atoms with E-state index in [0.717, 1.165) is 48.1 Å². The summed E-state index contributed by atoms with van der Waals surface area (Å²) in [5.41, 5.74) is 2.04. The number of aryl methyl sites for hydroxylation is 1. The van der Waals surface area contributed by atoms with Gasteiger partial charge in [-0.1, -0.05) is 23.5 Å². The molecule has 5 rings (SSSR count). The van der Waals surface area contributed by atoms with Crippen molar-refractivity contribution in [1.82, 2.24) is 19.5 Å². The van der Waals surface area contributed by atoms with E-state index in [-0.39, 0.29) is 17.6 Å².